The highest BCUT2D eigenvalue weighted by Crippen LogP contribution is 2.22. The maximum absolute atomic E-state index is 12.3. The standard InChI is InChI=1S/C17H18BrNO2/c1-11(2)21-15-6-4-5-13(9-15)17(20)19-16-10-14(18)8-7-12(16)3/h4-11H,1-3H3,(H,19,20). The Bertz CT molecular complexity index is 653. The largest absolute Gasteiger partial charge is 0.491 e. The summed E-state index contributed by atoms with van der Waals surface area (Å²) in [4.78, 5) is 12.3. The van der Waals surface area contributed by atoms with Crippen molar-refractivity contribution in [2.45, 2.75) is 26.9 Å². The van der Waals surface area contributed by atoms with E-state index in [2.05, 4.69) is 21.2 Å². The molecule has 110 valence electrons. The van der Waals surface area contributed by atoms with Crippen LogP contribution in [0.2, 0.25) is 0 Å². The Kier molecular flexibility index (Phi) is 5.02. The highest BCUT2D eigenvalue weighted by molar-refractivity contribution is 9.10. The van der Waals surface area contributed by atoms with Gasteiger partial charge in [0.05, 0.1) is 6.10 Å². The van der Waals surface area contributed by atoms with Gasteiger partial charge in [0, 0.05) is 15.7 Å². The molecule has 0 aromatic heterocycles. The monoisotopic (exact) mass is 347 g/mol. The summed E-state index contributed by atoms with van der Waals surface area (Å²) >= 11 is 3.41. The number of amides is 1. The van der Waals surface area contributed by atoms with Crippen molar-refractivity contribution in [3.8, 4) is 5.75 Å². The van der Waals surface area contributed by atoms with E-state index in [1.807, 2.05) is 51.1 Å². The van der Waals surface area contributed by atoms with Crippen LogP contribution in [-0.4, -0.2) is 12.0 Å². The first-order chi connectivity index (χ1) is 9.95. The van der Waals surface area contributed by atoms with Crippen LogP contribution < -0.4 is 10.1 Å². The zero-order chi connectivity index (χ0) is 15.4. The second-order valence-corrected chi connectivity index (χ2v) is 6.02. The molecule has 0 fully saturated rings. The number of anilines is 1. The maximum atomic E-state index is 12.3. The summed E-state index contributed by atoms with van der Waals surface area (Å²) in [7, 11) is 0. The van der Waals surface area contributed by atoms with Gasteiger partial charge in [0.2, 0.25) is 0 Å². The first-order valence-electron chi connectivity index (χ1n) is 6.80. The van der Waals surface area contributed by atoms with Gasteiger partial charge >= 0.3 is 0 Å². The number of benzene rings is 2. The predicted molar refractivity (Wildman–Crippen MR) is 89.0 cm³/mol. The number of hydrogen-bond acceptors (Lipinski definition) is 2. The molecule has 4 heteroatoms. The van der Waals surface area contributed by atoms with E-state index < -0.39 is 0 Å². The quantitative estimate of drug-likeness (QED) is 0.862. The van der Waals surface area contributed by atoms with E-state index in [0.717, 1.165) is 15.7 Å². The minimum absolute atomic E-state index is 0.0793. The van der Waals surface area contributed by atoms with Crippen molar-refractivity contribution in [1.82, 2.24) is 0 Å². The van der Waals surface area contributed by atoms with Crippen molar-refractivity contribution < 1.29 is 9.53 Å². The fourth-order valence-corrected chi connectivity index (χ4v) is 2.27. The van der Waals surface area contributed by atoms with Crippen LogP contribution in [0, 0.1) is 6.92 Å². The topological polar surface area (TPSA) is 38.3 Å². The molecule has 3 nitrogen and oxygen atoms in total. The van der Waals surface area contributed by atoms with E-state index >= 15 is 0 Å². The second-order valence-electron chi connectivity index (χ2n) is 5.11. The number of carbonyl (C=O) groups is 1. The molecule has 0 saturated heterocycles. The molecule has 0 heterocycles. The van der Waals surface area contributed by atoms with E-state index in [4.69, 9.17) is 4.74 Å². The summed E-state index contributed by atoms with van der Waals surface area (Å²) in [6.45, 7) is 5.87. The van der Waals surface area contributed by atoms with E-state index in [1.165, 1.54) is 0 Å². The van der Waals surface area contributed by atoms with Gasteiger partial charge in [-0.25, -0.2) is 0 Å². The number of rotatable bonds is 4. The normalized spacial score (nSPS) is 10.5. The van der Waals surface area contributed by atoms with Crippen LogP contribution >= 0.6 is 15.9 Å². The molecule has 0 aliphatic heterocycles. The lowest BCUT2D eigenvalue weighted by Crippen LogP contribution is -2.13. The Hall–Kier alpha value is -1.81. The van der Waals surface area contributed by atoms with Crippen molar-refractivity contribution in [1.29, 1.82) is 0 Å². The fraction of sp³-hybridized carbons (Fsp3) is 0.235. The van der Waals surface area contributed by atoms with E-state index in [-0.39, 0.29) is 12.0 Å². The van der Waals surface area contributed by atoms with Crippen LogP contribution in [-0.2, 0) is 0 Å². The Morgan fingerprint density at radius 3 is 2.67 bits per heavy atom. The minimum Gasteiger partial charge on any atom is -0.491 e. The molecule has 0 atom stereocenters. The van der Waals surface area contributed by atoms with Gasteiger partial charge in [-0.2, -0.15) is 0 Å². The lowest BCUT2D eigenvalue weighted by molar-refractivity contribution is 0.102. The molecule has 1 amide bonds. The predicted octanol–water partition coefficient (Wildman–Crippen LogP) is 4.80. The van der Waals surface area contributed by atoms with Crippen LogP contribution in [0.25, 0.3) is 0 Å². The molecule has 1 N–H and O–H groups in total. The molecule has 2 aromatic rings. The van der Waals surface area contributed by atoms with Crippen molar-refractivity contribution in [3.05, 3.63) is 58.1 Å². The zero-order valence-electron chi connectivity index (χ0n) is 12.3. The van der Waals surface area contributed by atoms with Gasteiger partial charge in [-0.1, -0.05) is 28.1 Å². The molecule has 0 aliphatic rings. The summed E-state index contributed by atoms with van der Waals surface area (Å²) in [6, 6.07) is 13.0. The zero-order valence-corrected chi connectivity index (χ0v) is 13.9. The van der Waals surface area contributed by atoms with Crippen LogP contribution in [0.5, 0.6) is 5.75 Å². The SMILES string of the molecule is Cc1ccc(Br)cc1NC(=O)c1cccc(OC(C)C)c1. The average molecular weight is 348 g/mol. The molecular weight excluding hydrogens is 330 g/mol. The molecule has 0 aliphatic carbocycles. The summed E-state index contributed by atoms with van der Waals surface area (Å²) in [5.74, 6) is 0.550. The Balaban J connectivity index is 2.18. The highest BCUT2D eigenvalue weighted by Gasteiger charge is 2.09. The third kappa shape index (κ3) is 4.33. The minimum atomic E-state index is -0.148. The summed E-state index contributed by atoms with van der Waals surface area (Å²) < 4.78 is 6.54. The summed E-state index contributed by atoms with van der Waals surface area (Å²) in [5.41, 5.74) is 2.39. The number of halogens is 1. The lowest BCUT2D eigenvalue weighted by atomic mass is 10.1. The Morgan fingerprint density at radius 1 is 1.19 bits per heavy atom. The molecule has 0 bridgehead atoms. The Labute approximate surface area is 133 Å². The van der Waals surface area contributed by atoms with Gasteiger partial charge < -0.3 is 10.1 Å². The lowest BCUT2D eigenvalue weighted by Gasteiger charge is -2.12. The van der Waals surface area contributed by atoms with Crippen LogP contribution in [0.4, 0.5) is 5.69 Å². The summed E-state index contributed by atoms with van der Waals surface area (Å²) in [6.07, 6.45) is 0.0793. The van der Waals surface area contributed by atoms with Gasteiger partial charge in [0.1, 0.15) is 5.75 Å². The first kappa shape index (κ1) is 15.6. The maximum Gasteiger partial charge on any atom is 0.255 e. The molecule has 0 unspecified atom stereocenters. The summed E-state index contributed by atoms with van der Waals surface area (Å²) in [5, 5.41) is 2.92. The van der Waals surface area contributed by atoms with Crippen molar-refractivity contribution in [2.24, 2.45) is 0 Å². The third-order valence-corrected chi connectivity index (χ3v) is 3.41. The molecule has 2 aromatic carbocycles. The van der Waals surface area contributed by atoms with E-state index in [0.29, 0.717) is 11.3 Å². The van der Waals surface area contributed by atoms with Gasteiger partial charge in [-0.15, -0.1) is 0 Å². The third-order valence-electron chi connectivity index (χ3n) is 2.92. The van der Waals surface area contributed by atoms with Crippen LogP contribution in [0.1, 0.15) is 29.8 Å². The number of carbonyl (C=O) groups excluding carboxylic acids is 1. The molecule has 21 heavy (non-hydrogen) atoms. The number of aryl methyl sites for hydroxylation is 1. The van der Waals surface area contributed by atoms with E-state index in [1.54, 1.807) is 12.1 Å². The highest BCUT2D eigenvalue weighted by atomic mass is 79.9. The second kappa shape index (κ2) is 6.76. The van der Waals surface area contributed by atoms with Crippen molar-refractivity contribution >= 4 is 27.5 Å². The Morgan fingerprint density at radius 2 is 1.95 bits per heavy atom. The average Bonchev–Trinajstić information content (AvgIpc) is 2.42. The first-order valence-corrected chi connectivity index (χ1v) is 7.59. The van der Waals surface area contributed by atoms with Gasteiger partial charge in [0.15, 0.2) is 0 Å². The smallest absolute Gasteiger partial charge is 0.255 e. The van der Waals surface area contributed by atoms with Gasteiger partial charge in [0.25, 0.3) is 5.91 Å². The van der Waals surface area contributed by atoms with Crippen molar-refractivity contribution in [3.63, 3.8) is 0 Å². The van der Waals surface area contributed by atoms with Crippen LogP contribution in [0.3, 0.4) is 0 Å². The molecule has 0 radical (unpaired) electrons. The molecule has 0 saturated carbocycles. The number of ether oxygens (including phenoxy) is 1. The van der Waals surface area contributed by atoms with Gasteiger partial charge in [-0.3, -0.25) is 4.79 Å². The number of hydrogen-bond donors (Lipinski definition) is 1. The molecule has 2 rings (SSSR count). The fourth-order valence-electron chi connectivity index (χ4n) is 1.91. The van der Waals surface area contributed by atoms with Gasteiger partial charge in [-0.05, 0) is 56.7 Å². The van der Waals surface area contributed by atoms with Crippen molar-refractivity contribution in [2.75, 3.05) is 5.32 Å². The molecular formula is C17H18BrNO2. The molecule has 0 spiro atoms. The van der Waals surface area contributed by atoms with Crippen LogP contribution in [0.15, 0.2) is 46.9 Å². The number of nitrogens with one attached hydrogen (secondary N) is 1. The van der Waals surface area contributed by atoms with E-state index in [9.17, 15) is 4.79 Å².